The summed E-state index contributed by atoms with van der Waals surface area (Å²) in [6.07, 6.45) is 0.739. The summed E-state index contributed by atoms with van der Waals surface area (Å²) in [5, 5.41) is 0. The number of fused-ring (bicyclic) bond motifs is 2. The van der Waals surface area contributed by atoms with Gasteiger partial charge in [-0.15, -0.1) is 0 Å². The van der Waals surface area contributed by atoms with Crippen molar-refractivity contribution in [1.29, 1.82) is 0 Å². The Kier molecular flexibility index (Phi) is 3.53. The molecule has 2 aromatic rings. The van der Waals surface area contributed by atoms with Crippen molar-refractivity contribution in [3.05, 3.63) is 51.2 Å². The summed E-state index contributed by atoms with van der Waals surface area (Å²) in [4.78, 5) is 21.5. The molecule has 1 N–H and O–H groups in total. The molecule has 6 nitrogen and oxygen atoms in total. The summed E-state index contributed by atoms with van der Waals surface area (Å²) >= 11 is 0. The van der Waals surface area contributed by atoms with Crippen molar-refractivity contribution < 1.29 is 9.47 Å². The molecule has 2 aliphatic rings. The van der Waals surface area contributed by atoms with Crippen LogP contribution in [0.15, 0.2) is 23.0 Å². The monoisotopic (exact) mass is 313 g/mol. The van der Waals surface area contributed by atoms with E-state index in [-0.39, 0.29) is 5.56 Å². The third kappa shape index (κ3) is 2.82. The fourth-order valence-corrected chi connectivity index (χ4v) is 3.20. The van der Waals surface area contributed by atoms with Crippen LogP contribution in [0, 0.1) is 6.92 Å². The molecule has 1 aromatic heterocycles. The van der Waals surface area contributed by atoms with E-state index in [1.54, 1.807) is 0 Å². The largest absolute Gasteiger partial charge is 0.486 e. The zero-order valence-corrected chi connectivity index (χ0v) is 13.1. The summed E-state index contributed by atoms with van der Waals surface area (Å²) in [6, 6.07) is 6.08. The molecule has 1 aromatic carbocycles. The van der Waals surface area contributed by atoms with Gasteiger partial charge in [0.15, 0.2) is 11.5 Å². The normalized spacial score (nSPS) is 16.9. The van der Waals surface area contributed by atoms with Crippen molar-refractivity contribution in [3.8, 4) is 11.5 Å². The van der Waals surface area contributed by atoms with Gasteiger partial charge in [0.2, 0.25) is 0 Å². The van der Waals surface area contributed by atoms with Gasteiger partial charge in [-0.1, -0.05) is 6.07 Å². The van der Waals surface area contributed by atoms with Gasteiger partial charge in [-0.05, 0) is 31.0 Å². The van der Waals surface area contributed by atoms with E-state index in [1.165, 1.54) is 5.56 Å². The number of hydrogen-bond acceptors (Lipinski definition) is 5. The van der Waals surface area contributed by atoms with E-state index in [1.807, 2.05) is 19.1 Å². The Morgan fingerprint density at radius 2 is 2.09 bits per heavy atom. The van der Waals surface area contributed by atoms with Gasteiger partial charge in [0.25, 0.3) is 5.56 Å². The topological polar surface area (TPSA) is 67.5 Å². The highest BCUT2D eigenvalue weighted by Crippen LogP contribution is 2.31. The molecule has 2 aliphatic heterocycles. The van der Waals surface area contributed by atoms with E-state index in [2.05, 4.69) is 20.9 Å². The molecule has 0 radical (unpaired) electrons. The zero-order chi connectivity index (χ0) is 15.8. The van der Waals surface area contributed by atoms with Gasteiger partial charge in [-0.3, -0.25) is 9.69 Å². The van der Waals surface area contributed by atoms with Crippen LogP contribution in [0.4, 0.5) is 0 Å². The number of rotatable bonds is 2. The molecule has 0 atom stereocenters. The van der Waals surface area contributed by atoms with E-state index in [4.69, 9.17) is 9.47 Å². The molecule has 0 fully saturated rings. The molecule has 0 saturated carbocycles. The second kappa shape index (κ2) is 5.70. The Bertz CT molecular complexity index is 800. The molecule has 120 valence electrons. The number of aryl methyl sites for hydroxylation is 1. The summed E-state index contributed by atoms with van der Waals surface area (Å²) in [5.41, 5.74) is 2.91. The standard InChI is InChI=1S/C17H19N3O3/c1-11-18-14-10-20(5-4-13(14)17(21)19-11)9-12-2-3-15-16(8-12)23-7-6-22-15/h2-3,8H,4-7,9-10H2,1H3,(H,18,19,21). The molecule has 4 rings (SSSR count). The number of ether oxygens (including phenoxy) is 2. The highest BCUT2D eigenvalue weighted by Gasteiger charge is 2.21. The number of hydrogen-bond donors (Lipinski definition) is 1. The van der Waals surface area contributed by atoms with Gasteiger partial charge in [0.05, 0.1) is 5.69 Å². The third-order valence-corrected chi connectivity index (χ3v) is 4.28. The average Bonchev–Trinajstić information content (AvgIpc) is 2.54. The Labute approximate surface area is 134 Å². The number of nitrogens with one attached hydrogen (secondary N) is 1. The summed E-state index contributed by atoms with van der Waals surface area (Å²) in [6.45, 7) is 5.39. The second-order valence-corrected chi connectivity index (χ2v) is 6.02. The molecule has 6 heteroatoms. The van der Waals surface area contributed by atoms with Gasteiger partial charge in [-0.25, -0.2) is 4.98 Å². The maximum Gasteiger partial charge on any atom is 0.254 e. The van der Waals surface area contributed by atoms with Crippen LogP contribution in [0.5, 0.6) is 11.5 Å². The fraction of sp³-hybridized carbons (Fsp3) is 0.412. The van der Waals surface area contributed by atoms with E-state index in [9.17, 15) is 4.79 Å². The van der Waals surface area contributed by atoms with Crippen LogP contribution >= 0.6 is 0 Å². The minimum absolute atomic E-state index is 0.00600. The molecular weight excluding hydrogens is 294 g/mol. The van der Waals surface area contributed by atoms with Crippen molar-refractivity contribution in [2.24, 2.45) is 0 Å². The Balaban J connectivity index is 1.53. The maximum atomic E-state index is 12.0. The molecule has 0 bridgehead atoms. The molecule has 3 heterocycles. The van der Waals surface area contributed by atoms with Gasteiger partial charge in [0, 0.05) is 25.2 Å². The van der Waals surface area contributed by atoms with Gasteiger partial charge in [0.1, 0.15) is 19.0 Å². The highest BCUT2D eigenvalue weighted by molar-refractivity contribution is 5.43. The molecule has 0 spiro atoms. The van der Waals surface area contributed by atoms with Crippen molar-refractivity contribution in [1.82, 2.24) is 14.9 Å². The second-order valence-electron chi connectivity index (χ2n) is 6.02. The lowest BCUT2D eigenvalue weighted by atomic mass is 10.1. The van der Waals surface area contributed by atoms with Crippen molar-refractivity contribution >= 4 is 0 Å². The fourth-order valence-electron chi connectivity index (χ4n) is 3.20. The quantitative estimate of drug-likeness (QED) is 0.908. The van der Waals surface area contributed by atoms with Crippen LogP contribution in [0.1, 0.15) is 22.6 Å². The maximum absolute atomic E-state index is 12.0. The minimum Gasteiger partial charge on any atom is -0.486 e. The minimum atomic E-state index is 0.00600. The zero-order valence-electron chi connectivity index (χ0n) is 13.1. The SMILES string of the molecule is Cc1nc2c(c(=O)[nH]1)CCN(Cc1ccc3c(c1)OCCO3)C2. The lowest BCUT2D eigenvalue weighted by Gasteiger charge is -2.28. The first-order valence-electron chi connectivity index (χ1n) is 7.88. The Hall–Kier alpha value is -2.34. The van der Waals surface area contributed by atoms with Crippen LogP contribution in [0.25, 0.3) is 0 Å². The molecule has 0 amide bonds. The number of aromatic nitrogens is 2. The first-order valence-corrected chi connectivity index (χ1v) is 7.88. The van der Waals surface area contributed by atoms with Crippen LogP contribution < -0.4 is 15.0 Å². The number of nitrogens with zero attached hydrogens (tertiary/aromatic N) is 2. The Morgan fingerprint density at radius 1 is 1.26 bits per heavy atom. The first kappa shape index (κ1) is 14.3. The van der Waals surface area contributed by atoms with Crippen LogP contribution in [-0.2, 0) is 19.5 Å². The summed E-state index contributed by atoms with van der Waals surface area (Å²) in [7, 11) is 0. The van der Waals surface area contributed by atoms with Crippen LogP contribution in [0.2, 0.25) is 0 Å². The molecule has 0 unspecified atom stereocenters. The van der Waals surface area contributed by atoms with Gasteiger partial charge < -0.3 is 14.5 Å². The first-order chi connectivity index (χ1) is 11.2. The van der Waals surface area contributed by atoms with Crippen molar-refractivity contribution in [2.45, 2.75) is 26.4 Å². The van der Waals surface area contributed by atoms with Crippen molar-refractivity contribution in [3.63, 3.8) is 0 Å². The molecule has 0 aliphatic carbocycles. The highest BCUT2D eigenvalue weighted by atomic mass is 16.6. The number of H-pyrrole nitrogens is 1. The van der Waals surface area contributed by atoms with Crippen LogP contribution in [-0.4, -0.2) is 34.6 Å². The smallest absolute Gasteiger partial charge is 0.254 e. The average molecular weight is 313 g/mol. The van der Waals surface area contributed by atoms with Gasteiger partial charge >= 0.3 is 0 Å². The summed E-state index contributed by atoms with van der Waals surface area (Å²) < 4.78 is 11.2. The van der Waals surface area contributed by atoms with Gasteiger partial charge in [-0.2, -0.15) is 0 Å². The predicted molar refractivity (Wildman–Crippen MR) is 84.8 cm³/mol. The third-order valence-electron chi connectivity index (χ3n) is 4.28. The Morgan fingerprint density at radius 3 is 2.96 bits per heavy atom. The van der Waals surface area contributed by atoms with E-state index in [0.717, 1.165) is 42.3 Å². The number of aromatic amines is 1. The van der Waals surface area contributed by atoms with E-state index < -0.39 is 0 Å². The van der Waals surface area contributed by atoms with E-state index in [0.29, 0.717) is 25.6 Å². The van der Waals surface area contributed by atoms with Crippen LogP contribution in [0.3, 0.4) is 0 Å². The van der Waals surface area contributed by atoms with Crippen molar-refractivity contribution in [2.75, 3.05) is 19.8 Å². The lowest BCUT2D eigenvalue weighted by molar-refractivity contribution is 0.171. The molecular formula is C17H19N3O3. The molecule has 23 heavy (non-hydrogen) atoms. The summed E-state index contributed by atoms with van der Waals surface area (Å²) in [5.74, 6) is 2.30. The lowest BCUT2D eigenvalue weighted by Crippen LogP contribution is -2.35. The molecule has 0 saturated heterocycles. The number of benzene rings is 1. The predicted octanol–water partition coefficient (Wildman–Crippen LogP) is 1.41. The van der Waals surface area contributed by atoms with E-state index >= 15 is 0 Å².